The molecule has 148 valence electrons. The second-order valence-corrected chi connectivity index (χ2v) is 6.90. The number of halogens is 3. The molecule has 0 heterocycles. The molecule has 0 aliphatic heterocycles. The topological polar surface area (TPSA) is 82.1 Å². The molecule has 0 fully saturated rings. The zero-order valence-electron chi connectivity index (χ0n) is 14.7. The number of carbonyl (C=O) groups excluding carboxylic acids is 2. The van der Waals surface area contributed by atoms with E-state index in [1.165, 1.54) is 14.2 Å². The van der Waals surface area contributed by atoms with E-state index in [9.17, 15) is 9.59 Å². The lowest BCUT2D eigenvalue weighted by Crippen LogP contribution is -2.12. The molecular formula is C18H19Br3O6. The molecule has 0 amide bonds. The van der Waals surface area contributed by atoms with Gasteiger partial charge in [0, 0.05) is 8.95 Å². The number of hydrogen-bond acceptors (Lipinski definition) is 6. The first-order chi connectivity index (χ1) is 12.8. The molecule has 2 aromatic carbocycles. The van der Waals surface area contributed by atoms with E-state index in [0.717, 1.165) is 8.95 Å². The van der Waals surface area contributed by atoms with Gasteiger partial charge in [-0.1, -0.05) is 59.9 Å². The molecule has 0 spiro atoms. The molecule has 1 N–H and O–H groups in total. The number of phenolic OH excluding ortho intramolecular Hbond substituents is 1. The van der Waals surface area contributed by atoms with E-state index in [1.807, 2.05) is 18.2 Å². The smallest absolute Gasteiger partial charge is 0.343 e. The third-order valence-electron chi connectivity index (χ3n) is 2.53. The van der Waals surface area contributed by atoms with E-state index in [2.05, 4.69) is 57.3 Å². The van der Waals surface area contributed by atoms with Crippen molar-refractivity contribution in [2.24, 2.45) is 0 Å². The van der Waals surface area contributed by atoms with Crippen LogP contribution in [0.25, 0.3) is 0 Å². The Kier molecular flexibility index (Phi) is 14.6. The number of aromatic hydroxyl groups is 1. The van der Waals surface area contributed by atoms with Crippen molar-refractivity contribution >= 4 is 59.7 Å². The number of rotatable bonds is 4. The zero-order valence-corrected chi connectivity index (χ0v) is 19.4. The Morgan fingerprint density at radius 1 is 0.926 bits per heavy atom. The molecule has 0 saturated carbocycles. The van der Waals surface area contributed by atoms with E-state index in [-0.39, 0.29) is 23.9 Å². The Morgan fingerprint density at radius 3 is 1.85 bits per heavy atom. The number of methoxy groups -OCH3 is 2. The maximum Gasteiger partial charge on any atom is 0.343 e. The van der Waals surface area contributed by atoms with Crippen LogP contribution in [0.15, 0.2) is 57.5 Å². The lowest BCUT2D eigenvalue weighted by molar-refractivity contribution is -0.143. The maximum absolute atomic E-state index is 10.7. The van der Waals surface area contributed by atoms with Crippen LogP contribution in [-0.2, 0) is 19.1 Å². The summed E-state index contributed by atoms with van der Waals surface area (Å²) in [5.74, 6) is 0.300. The van der Waals surface area contributed by atoms with Crippen molar-refractivity contribution in [1.82, 2.24) is 0 Å². The van der Waals surface area contributed by atoms with Crippen LogP contribution in [0.1, 0.15) is 0 Å². The third kappa shape index (κ3) is 14.2. The summed E-state index contributed by atoms with van der Waals surface area (Å²) in [5.41, 5.74) is 0. The lowest BCUT2D eigenvalue weighted by atomic mass is 10.3. The molecule has 0 saturated heterocycles. The summed E-state index contributed by atoms with van der Waals surface area (Å²) in [6, 6.07) is 14.2. The summed E-state index contributed by atoms with van der Waals surface area (Å²) in [7, 11) is 2.68. The van der Waals surface area contributed by atoms with Crippen LogP contribution in [0.3, 0.4) is 0 Å². The molecule has 0 bridgehead atoms. The lowest BCUT2D eigenvalue weighted by Gasteiger charge is -2.04. The summed E-state index contributed by atoms with van der Waals surface area (Å²) in [6.45, 7) is -0.0625. The average Bonchev–Trinajstić information content (AvgIpc) is 2.66. The van der Waals surface area contributed by atoms with Crippen molar-refractivity contribution < 1.29 is 28.9 Å². The number of esters is 2. The molecule has 0 atom stereocenters. The Labute approximate surface area is 183 Å². The molecule has 0 aliphatic rings. The maximum atomic E-state index is 10.7. The number of phenols is 1. The minimum absolute atomic E-state index is 0.0625. The second-order valence-electron chi connectivity index (χ2n) is 4.51. The van der Waals surface area contributed by atoms with E-state index < -0.39 is 0 Å². The van der Waals surface area contributed by atoms with Crippen LogP contribution in [0.4, 0.5) is 0 Å². The molecule has 0 unspecified atom stereocenters. The summed E-state index contributed by atoms with van der Waals surface area (Å²) in [5, 5.41) is 9.06. The molecule has 6 nitrogen and oxygen atoms in total. The minimum atomic E-state index is -0.389. The number of benzene rings is 2. The van der Waals surface area contributed by atoms with E-state index in [4.69, 9.17) is 9.84 Å². The molecule has 0 aromatic heterocycles. The molecule has 0 radical (unpaired) electrons. The highest BCUT2D eigenvalue weighted by atomic mass is 79.9. The third-order valence-corrected chi connectivity index (χ3v) is 3.97. The van der Waals surface area contributed by atoms with Crippen molar-refractivity contribution in [3.05, 3.63) is 57.5 Å². The Hall–Kier alpha value is -1.58. The molecular weight excluding hydrogens is 552 g/mol. The summed E-state index contributed by atoms with van der Waals surface area (Å²) in [4.78, 5) is 20.6. The van der Waals surface area contributed by atoms with Crippen molar-refractivity contribution in [3.63, 3.8) is 0 Å². The second kappa shape index (κ2) is 15.5. The van der Waals surface area contributed by atoms with Gasteiger partial charge in [0.15, 0.2) is 6.61 Å². The highest BCUT2D eigenvalue weighted by molar-refractivity contribution is 9.10. The summed E-state index contributed by atoms with van der Waals surface area (Å²) < 4.78 is 15.6. The first-order valence-corrected chi connectivity index (χ1v) is 10.1. The fourth-order valence-corrected chi connectivity index (χ4v) is 2.28. The number of carbonyl (C=O) groups is 2. The molecule has 27 heavy (non-hydrogen) atoms. The predicted octanol–water partition coefficient (Wildman–Crippen LogP) is 4.71. The predicted molar refractivity (Wildman–Crippen MR) is 113 cm³/mol. The Morgan fingerprint density at radius 2 is 1.48 bits per heavy atom. The van der Waals surface area contributed by atoms with Gasteiger partial charge in [0.25, 0.3) is 0 Å². The first kappa shape index (κ1) is 25.4. The van der Waals surface area contributed by atoms with Gasteiger partial charge in [-0.2, -0.15) is 0 Å². The number of alkyl halides is 1. The average molecular weight is 571 g/mol. The van der Waals surface area contributed by atoms with Crippen LogP contribution in [0, 0.1) is 0 Å². The van der Waals surface area contributed by atoms with Crippen LogP contribution >= 0.6 is 47.8 Å². The molecule has 2 aromatic rings. The van der Waals surface area contributed by atoms with Gasteiger partial charge in [-0.25, -0.2) is 4.79 Å². The van der Waals surface area contributed by atoms with Crippen LogP contribution in [-0.4, -0.2) is 43.2 Å². The summed E-state index contributed by atoms with van der Waals surface area (Å²) in [6.07, 6.45) is 0. The highest BCUT2D eigenvalue weighted by Crippen LogP contribution is 2.17. The van der Waals surface area contributed by atoms with Gasteiger partial charge in [0.05, 0.1) is 14.2 Å². The van der Waals surface area contributed by atoms with Gasteiger partial charge in [0.2, 0.25) is 0 Å². The fourth-order valence-electron chi connectivity index (χ4n) is 1.29. The summed E-state index contributed by atoms with van der Waals surface area (Å²) >= 11 is 9.39. The molecule has 9 heteroatoms. The van der Waals surface area contributed by atoms with E-state index >= 15 is 0 Å². The fraction of sp³-hybridized carbons (Fsp3) is 0.222. The van der Waals surface area contributed by atoms with Gasteiger partial charge >= 0.3 is 11.9 Å². The first-order valence-electron chi connectivity index (χ1n) is 7.34. The monoisotopic (exact) mass is 568 g/mol. The van der Waals surface area contributed by atoms with Gasteiger partial charge in [-0.05, 0) is 36.4 Å². The van der Waals surface area contributed by atoms with E-state index in [1.54, 1.807) is 30.3 Å². The van der Waals surface area contributed by atoms with Gasteiger partial charge in [-0.3, -0.25) is 4.79 Å². The molecule has 0 aliphatic carbocycles. The largest absolute Gasteiger partial charge is 0.508 e. The zero-order chi connectivity index (χ0) is 20.7. The van der Waals surface area contributed by atoms with Gasteiger partial charge in [0.1, 0.15) is 16.8 Å². The SMILES string of the molecule is COC(=O)CBr.COC(=O)COc1cccc(Br)c1.Oc1cccc(Br)c1. The molecule has 2 rings (SSSR count). The van der Waals surface area contributed by atoms with E-state index in [0.29, 0.717) is 11.5 Å². The quantitative estimate of drug-likeness (QED) is 0.424. The Balaban J connectivity index is 0.000000413. The van der Waals surface area contributed by atoms with Crippen LogP contribution in [0.5, 0.6) is 11.5 Å². The number of ether oxygens (including phenoxy) is 3. The van der Waals surface area contributed by atoms with Crippen molar-refractivity contribution in [2.75, 3.05) is 26.2 Å². The van der Waals surface area contributed by atoms with Crippen LogP contribution in [0.2, 0.25) is 0 Å². The van der Waals surface area contributed by atoms with Crippen molar-refractivity contribution in [3.8, 4) is 11.5 Å². The van der Waals surface area contributed by atoms with Gasteiger partial charge < -0.3 is 19.3 Å². The van der Waals surface area contributed by atoms with Gasteiger partial charge in [-0.15, -0.1) is 0 Å². The minimum Gasteiger partial charge on any atom is -0.508 e. The van der Waals surface area contributed by atoms with Crippen LogP contribution < -0.4 is 4.74 Å². The van der Waals surface area contributed by atoms with Crippen molar-refractivity contribution in [2.45, 2.75) is 0 Å². The standard InChI is InChI=1S/C9H9BrO3.C6H5BrO.C3H5BrO2/c1-12-9(11)6-13-8-4-2-3-7(10)5-8;7-5-2-1-3-6(8)4-5;1-6-3(5)2-4/h2-5H,6H2,1H3;1-4,8H;2H2,1H3. The number of hydrogen-bond donors (Lipinski definition) is 1. The van der Waals surface area contributed by atoms with Crippen molar-refractivity contribution in [1.29, 1.82) is 0 Å². The highest BCUT2D eigenvalue weighted by Gasteiger charge is 2.01. The normalized spacial score (nSPS) is 8.93. The Bertz CT molecular complexity index is 686.